The Balaban J connectivity index is 1.33. The third-order valence-electron chi connectivity index (χ3n) is 5.86. The van der Waals surface area contributed by atoms with Crippen LogP contribution in [0.15, 0.2) is 30.3 Å². The van der Waals surface area contributed by atoms with E-state index in [9.17, 15) is 4.79 Å². The van der Waals surface area contributed by atoms with E-state index in [1.54, 1.807) is 11.3 Å². The lowest BCUT2D eigenvalue weighted by Crippen LogP contribution is -2.38. The summed E-state index contributed by atoms with van der Waals surface area (Å²) in [6.45, 7) is 6.95. The number of hydrogen-bond donors (Lipinski definition) is 0. The maximum Gasteiger partial charge on any atom is 0.265 e. The highest BCUT2D eigenvalue weighted by atomic mass is 32.1. The van der Waals surface area contributed by atoms with Gasteiger partial charge in [0.2, 0.25) is 0 Å². The second-order valence-electron chi connectivity index (χ2n) is 7.93. The number of benzene rings is 1. The van der Waals surface area contributed by atoms with Crippen molar-refractivity contribution in [3.8, 4) is 0 Å². The van der Waals surface area contributed by atoms with Crippen LogP contribution in [0.25, 0.3) is 0 Å². The first-order valence-corrected chi connectivity index (χ1v) is 11.0. The van der Waals surface area contributed by atoms with E-state index < -0.39 is 0 Å². The molecule has 2 aliphatic rings. The molecule has 5 heteroatoms. The Kier molecular flexibility index (Phi) is 5.89. The van der Waals surface area contributed by atoms with Crippen molar-refractivity contribution in [1.29, 1.82) is 0 Å². The van der Waals surface area contributed by atoms with Gasteiger partial charge in [0.15, 0.2) is 0 Å². The van der Waals surface area contributed by atoms with E-state index in [1.807, 2.05) is 11.8 Å². The standard InChI is InChI=1S/C22H29N3OS/c1-17-21(27-20(23-17)16-24-11-5-6-12-24)22(26)25-13-9-19(10-14-25)15-18-7-3-2-4-8-18/h2-4,7-8,19H,5-6,9-16H2,1H3. The van der Waals surface area contributed by atoms with Gasteiger partial charge in [-0.1, -0.05) is 30.3 Å². The van der Waals surface area contributed by atoms with Gasteiger partial charge in [-0.05, 0) is 63.6 Å². The third-order valence-corrected chi connectivity index (χ3v) is 6.99. The fourth-order valence-electron chi connectivity index (χ4n) is 4.28. The Morgan fingerprint density at radius 2 is 1.81 bits per heavy atom. The van der Waals surface area contributed by atoms with Gasteiger partial charge in [0.05, 0.1) is 12.2 Å². The molecule has 27 heavy (non-hydrogen) atoms. The molecule has 0 radical (unpaired) electrons. The lowest BCUT2D eigenvalue weighted by molar-refractivity contribution is 0.0694. The van der Waals surface area contributed by atoms with E-state index >= 15 is 0 Å². The molecule has 0 atom stereocenters. The summed E-state index contributed by atoms with van der Waals surface area (Å²) < 4.78 is 0. The molecule has 0 bridgehead atoms. The number of carbonyl (C=O) groups excluding carboxylic acids is 1. The first kappa shape index (κ1) is 18.6. The Morgan fingerprint density at radius 3 is 2.52 bits per heavy atom. The highest BCUT2D eigenvalue weighted by molar-refractivity contribution is 7.13. The Hall–Kier alpha value is -1.72. The number of aromatic nitrogens is 1. The van der Waals surface area contributed by atoms with Gasteiger partial charge in [0.1, 0.15) is 9.88 Å². The van der Waals surface area contributed by atoms with Crippen LogP contribution in [0.1, 0.15) is 51.6 Å². The zero-order valence-corrected chi connectivity index (χ0v) is 17.0. The monoisotopic (exact) mass is 383 g/mol. The number of amides is 1. The Morgan fingerprint density at radius 1 is 1.11 bits per heavy atom. The molecule has 0 N–H and O–H groups in total. The Labute approximate surface area is 166 Å². The lowest BCUT2D eigenvalue weighted by atomic mass is 9.90. The molecule has 144 valence electrons. The van der Waals surface area contributed by atoms with Crippen LogP contribution in [0.4, 0.5) is 0 Å². The van der Waals surface area contributed by atoms with Crippen LogP contribution >= 0.6 is 11.3 Å². The molecule has 2 fully saturated rings. The molecule has 1 aromatic heterocycles. The predicted octanol–water partition coefficient (Wildman–Crippen LogP) is 4.14. The van der Waals surface area contributed by atoms with Crippen LogP contribution in [-0.2, 0) is 13.0 Å². The Bertz CT molecular complexity index is 759. The minimum atomic E-state index is 0.191. The van der Waals surface area contributed by atoms with Crippen molar-refractivity contribution in [2.75, 3.05) is 26.2 Å². The van der Waals surface area contributed by atoms with E-state index in [4.69, 9.17) is 4.98 Å². The molecule has 1 amide bonds. The van der Waals surface area contributed by atoms with Gasteiger partial charge >= 0.3 is 0 Å². The van der Waals surface area contributed by atoms with E-state index in [-0.39, 0.29) is 5.91 Å². The fraction of sp³-hybridized carbons (Fsp3) is 0.545. The summed E-state index contributed by atoms with van der Waals surface area (Å²) in [5, 5.41) is 1.09. The van der Waals surface area contributed by atoms with Gasteiger partial charge in [0, 0.05) is 13.1 Å². The minimum absolute atomic E-state index is 0.191. The molecule has 0 unspecified atom stereocenters. The fourth-order valence-corrected chi connectivity index (χ4v) is 5.36. The first-order chi connectivity index (χ1) is 13.2. The maximum atomic E-state index is 13.0. The second kappa shape index (κ2) is 8.53. The predicted molar refractivity (Wildman–Crippen MR) is 110 cm³/mol. The molecule has 2 saturated heterocycles. The summed E-state index contributed by atoms with van der Waals surface area (Å²) in [5.41, 5.74) is 2.32. The van der Waals surface area contributed by atoms with Crippen LogP contribution in [-0.4, -0.2) is 46.9 Å². The molecule has 4 rings (SSSR count). The molecule has 0 saturated carbocycles. The van der Waals surface area contributed by atoms with Crippen LogP contribution in [0.3, 0.4) is 0 Å². The number of thiazole rings is 1. The molecule has 0 aliphatic carbocycles. The number of carbonyl (C=O) groups is 1. The van der Waals surface area contributed by atoms with Gasteiger partial charge in [-0.15, -0.1) is 11.3 Å². The van der Waals surface area contributed by atoms with Gasteiger partial charge < -0.3 is 4.90 Å². The number of rotatable bonds is 5. The van der Waals surface area contributed by atoms with Gasteiger partial charge in [-0.25, -0.2) is 4.98 Å². The summed E-state index contributed by atoms with van der Waals surface area (Å²) in [6.07, 6.45) is 5.89. The zero-order chi connectivity index (χ0) is 18.6. The zero-order valence-electron chi connectivity index (χ0n) is 16.2. The minimum Gasteiger partial charge on any atom is -0.338 e. The van der Waals surface area contributed by atoms with Crippen LogP contribution in [0.2, 0.25) is 0 Å². The van der Waals surface area contributed by atoms with Crippen LogP contribution in [0.5, 0.6) is 0 Å². The topological polar surface area (TPSA) is 36.4 Å². The molecule has 3 heterocycles. The van der Waals surface area contributed by atoms with Gasteiger partial charge in [0.25, 0.3) is 5.91 Å². The molecule has 2 aromatic rings. The number of likely N-dealkylation sites (tertiary alicyclic amines) is 2. The molecule has 1 aromatic carbocycles. The van der Waals surface area contributed by atoms with Crippen LogP contribution in [0, 0.1) is 12.8 Å². The molecular weight excluding hydrogens is 354 g/mol. The number of aryl methyl sites for hydroxylation is 1. The average molecular weight is 384 g/mol. The van der Waals surface area contributed by atoms with Crippen molar-refractivity contribution in [2.24, 2.45) is 5.92 Å². The quantitative estimate of drug-likeness (QED) is 0.778. The summed E-state index contributed by atoms with van der Waals surface area (Å²) in [7, 11) is 0. The van der Waals surface area contributed by atoms with E-state index in [0.29, 0.717) is 5.92 Å². The largest absolute Gasteiger partial charge is 0.338 e. The summed E-state index contributed by atoms with van der Waals surface area (Å²) in [4.78, 5) is 23.1. The van der Waals surface area contributed by atoms with Crippen molar-refractivity contribution in [3.05, 3.63) is 51.5 Å². The van der Waals surface area contributed by atoms with Crippen molar-refractivity contribution < 1.29 is 4.79 Å². The van der Waals surface area contributed by atoms with E-state index in [2.05, 4.69) is 35.2 Å². The van der Waals surface area contributed by atoms with Gasteiger partial charge in [-0.3, -0.25) is 9.69 Å². The van der Waals surface area contributed by atoms with Crippen molar-refractivity contribution in [3.63, 3.8) is 0 Å². The van der Waals surface area contributed by atoms with Crippen LogP contribution < -0.4 is 0 Å². The second-order valence-corrected chi connectivity index (χ2v) is 9.01. The third kappa shape index (κ3) is 4.58. The molecular formula is C22H29N3OS. The summed E-state index contributed by atoms with van der Waals surface area (Å²) >= 11 is 1.61. The van der Waals surface area contributed by atoms with Gasteiger partial charge in [-0.2, -0.15) is 0 Å². The average Bonchev–Trinajstić information content (AvgIpc) is 3.32. The summed E-state index contributed by atoms with van der Waals surface area (Å²) in [6, 6.07) is 10.7. The molecule has 0 spiro atoms. The smallest absolute Gasteiger partial charge is 0.265 e. The highest BCUT2D eigenvalue weighted by Gasteiger charge is 2.27. The SMILES string of the molecule is Cc1nc(CN2CCCC2)sc1C(=O)N1CCC(Cc2ccccc2)CC1. The molecule has 2 aliphatic heterocycles. The number of piperidine rings is 1. The lowest BCUT2D eigenvalue weighted by Gasteiger charge is -2.32. The van der Waals surface area contributed by atoms with E-state index in [1.165, 1.54) is 18.4 Å². The normalized spacial score (nSPS) is 18.9. The summed E-state index contributed by atoms with van der Waals surface area (Å²) in [5.74, 6) is 0.876. The molecule has 4 nitrogen and oxygen atoms in total. The van der Waals surface area contributed by atoms with Crippen molar-refractivity contribution in [2.45, 2.75) is 45.6 Å². The number of hydrogen-bond acceptors (Lipinski definition) is 4. The number of nitrogens with zero attached hydrogens (tertiary/aromatic N) is 3. The maximum absolute atomic E-state index is 13.0. The first-order valence-electron chi connectivity index (χ1n) is 10.2. The van der Waals surface area contributed by atoms with E-state index in [0.717, 1.165) is 67.6 Å². The van der Waals surface area contributed by atoms with Crippen molar-refractivity contribution >= 4 is 17.2 Å². The van der Waals surface area contributed by atoms with Crippen molar-refractivity contribution in [1.82, 2.24) is 14.8 Å². The highest BCUT2D eigenvalue weighted by Crippen LogP contribution is 2.26.